The second kappa shape index (κ2) is 7.81. The highest BCUT2D eigenvalue weighted by molar-refractivity contribution is 5.27. The summed E-state index contributed by atoms with van der Waals surface area (Å²) in [5.41, 5.74) is 3.37. The van der Waals surface area contributed by atoms with Crippen molar-refractivity contribution in [3.05, 3.63) is 65.2 Å². The van der Waals surface area contributed by atoms with Gasteiger partial charge in [0.15, 0.2) is 0 Å². The molecule has 0 amide bonds. The second-order valence-electron chi connectivity index (χ2n) is 5.41. The molecule has 0 aliphatic rings. The average molecular weight is 285 g/mol. The number of aromatic hydroxyl groups is 1. The number of phenolic OH excluding ortho intramolecular Hbond substituents is 1. The molecule has 3 heteroatoms. The minimum atomic E-state index is 0.0831. The lowest BCUT2D eigenvalue weighted by Crippen LogP contribution is -2.26. The van der Waals surface area contributed by atoms with Crippen molar-refractivity contribution in [2.24, 2.45) is 0 Å². The van der Waals surface area contributed by atoms with E-state index in [0.717, 1.165) is 30.5 Å². The van der Waals surface area contributed by atoms with E-state index < -0.39 is 0 Å². The number of benzene rings is 2. The lowest BCUT2D eigenvalue weighted by Gasteiger charge is -2.15. The standard InChI is InChI=1S/C18H23NO2/c1-14(6-7-15-8-10-18(21)11-9-15)19-12-16-4-2-3-5-17(16)13-20/h2-5,8-11,14,19-21H,6-7,12-13H2,1H3. The van der Waals surface area contributed by atoms with Gasteiger partial charge in [-0.25, -0.2) is 0 Å². The minimum absolute atomic E-state index is 0.0831. The summed E-state index contributed by atoms with van der Waals surface area (Å²) >= 11 is 0. The Morgan fingerprint density at radius 1 is 1.00 bits per heavy atom. The molecular weight excluding hydrogens is 262 g/mol. The molecule has 2 aromatic carbocycles. The fraction of sp³-hybridized carbons (Fsp3) is 0.333. The van der Waals surface area contributed by atoms with Gasteiger partial charge in [-0.1, -0.05) is 36.4 Å². The Bertz CT molecular complexity index is 551. The molecule has 21 heavy (non-hydrogen) atoms. The van der Waals surface area contributed by atoms with E-state index in [-0.39, 0.29) is 6.61 Å². The van der Waals surface area contributed by atoms with Crippen molar-refractivity contribution in [1.82, 2.24) is 5.32 Å². The normalized spacial score (nSPS) is 12.3. The Morgan fingerprint density at radius 2 is 1.67 bits per heavy atom. The van der Waals surface area contributed by atoms with E-state index in [9.17, 15) is 10.2 Å². The molecule has 0 aliphatic carbocycles. The third-order valence-corrected chi connectivity index (χ3v) is 3.73. The third kappa shape index (κ3) is 4.88. The van der Waals surface area contributed by atoms with Crippen LogP contribution in [0, 0.1) is 0 Å². The first kappa shape index (κ1) is 15.5. The zero-order chi connectivity index (χ0) is 15.1. The summed E-state index contributed by atoms with van der Waals surface area (Å²) in [4.78, 5) is 0. The van der Waals surface area contributed by atoms with Crippen molar-refractivity contribution in [1.29, 1.82) is 0 Å². The van der Waals surface area contributed by atoms with Gasteiger partial charge in [-0.3, -0.25) is 0 Å². The first-order chi connectivity index (χ1) is 10.2. The maximum Gasteiger partial charge on any atom is 0.115 e. The number of aliphatic hydroxyl groups is 1. The van der Waals surface area contributed by atoms with Gasteiger partial charge in [0, 0.05) is 12.6 Å². The van der Waals surface area contributed by atoms with Gasteiger partial charge in [0.2, 0.25) is 0 Å². The molecule has 0 fully saturated rings. The van der Waals surface area contributed by atoms with Crippen LogP contribution in [0.4, 0.5) is 0 Å². The van der Waals surface area contributed by atoms with Gasteiger partial charge in [-0.15, -0.1) is 0 Å². The lowest BCUT2D eigenvalue weighted by atomic mass is 10.0. The first-order valence-electron chi connectivity index (χ1n) is 7.38. The van der Waals surface area contributed by atoms with Crippen LogP contribution in [-0.4, -0.2) is 16.3 Å². The quantitative estimate of drug-likeness (QED) is 0.733. The van der Waals surface area contributed by atoms with Gasteiger partial charge < -0.3 is 15.5 Å². The molecule has 3 N–H and O–H groups in total. The molecule has 1 unspecified atom stereocenters. The number of hydrogen-bond donors (Lipinski definition) is 3. The molecule has 1 atom stereocenters. The number of aryl methyl sites for hydroxylation is 1. The predicted molar refractivity (Wildman–Crippen MR) is 85.1 cm³/mol. The maximum atomic E-state index is 9.31. The number of hydrogen-bond acceptors (Lipinski definition) is 3. The molecular formula is C18H23NO2. The fourth-order valence-electron chi connectivity index (χ4n) is 2.32. The molecule has 0 bridgehead atoms. The number of phenols is 1. The van der Waals surface area contributed by atoms with Crippen molar-refractivity contribution in [2.45, 2.75) is 39.0 Å². The van der Waals surface area contributed by atoms with Crippen molar-refractivity contribution in [3.63, 3.8) is 0 Å². The molecule has 0 aliphatic heterocycles. The van der Waals surface area contributed by atoms with Crippen LogP contribution in [0.2, 0.25) is 0 Å². The second-order valence-corrected chi connectivity index (χ2v) is 5.41. The molecule has 2 aromatic rings. The SMILES string of the molecule is CC(CCc1ccc(O)cc1)NCc1ccccc1CO. The molecule has 112 valence electrons. The highest BCUT2D eigenvalue weighted by Crippen LogP contribution is 2.13. The molecule has 0 heterocycles. The van der Waals surface area contributed by atoms with E-state index in [0.29, 0.717) is 11.8 Å². The van der Waals surface area contributed by atoms with Crippen LogP contribution in [0.3, 0.4) is 0 Å². The summed E-state index contributed by atoms with van der Waals surface area (Å²) in [7, 11) is 0. The van der Waals surface area contributed by atoms with Crippen molar-refractivity contribution in [3.8, 4) is 5.75 Å². The molecule has 0 saturated heterocycles. The van der Waals surface area contributed by atoms with Crippen LogP contribution < -0.4 is 5.32 Å². The highest BCUT2D eigenvalue weighted by atomic mass is 16.3. The number of nitrogens with one attached hydrogen (secondary N) is 1. The maximum absolute atomic E-state index is 9.31. The zero-order valence-corrected chi connectivity index (χ0v) is 12.4. The van der Waals surface area contributed by atoms with Gasteiger partial charge in [0.1, 0.15) is 5.75 Å². The van der Waals surface area contributed by atoms with Gasteiger partial charge in [-0.05, 0) is 48.6 Å². The number of rotatable bonds is 7. The third-order valence-electron chi connectivity index (χ3n) is 3.73. The van der Waals surface area contributed by atoms with Crippen LogP contribution in [-0.2, 0) is 19.6 Å². The topological polar surface area (TPSA) is 52.5 Å². The van der Waals surface area contributed by atoms with E-state index in [2.05, 4.69) is 12.2 Å². The summed E-state index contributed by atoms with van der Waals surface area (Å²) < 4.78 is 0. The summed E-state index contributed by atoms with van der Waals surface area (Å²) in [6, 6.07) is 15.7. The largest absolute Gasteiger partial charge is 0.508 e. The van der Waals surface area contributed by atoms with E-state index in [1.54, 1.807) is 12.1 Å². The molecule has 3 nitrogen and oxygen atoms in total. The molecule has 0 saturated carbocycles. The molecule has 2 rings (SSSR count). The Labute approximate surface area is 126 Å². The molecule has 0 spiro atoms. The zero-order valence-electron chi connectivity index (χ0n) is 12.4. The molecule has 0 radical (unpaired) electrons. The van der Waals surface area contributed by atoms with Crippen LogP contribution in [0.1, 0.15) is 30.0 Å². The van der Waals surface area contributed by atoms with Gasteiger partial charge in [-0.2, -0.15) is 0 Å². The lowest BCUT2D eigenvalue weighted by molar-refractivity contribution is 0.280. The van der Waals surface area contributed by atoms with E-state index in [1.807, 2.05) is 36.4 Å². The Morgan fingerprint density at radius 3 is 2.33 bits per heavy atom. The van der Waals surface area contributed by atoms with Crippen LogP contribution in [0.25, 0.3) is 0 Å². The monoisotopic (exact) mass is 285 g/mol. The Balaban J connectivity index is 1.79. The first-order valence-corrected chi connectivity index (χ1v) is 7.38. The summed E-state index contributed by atoms with van der Waals surface area (Å²) in [6.07, 6.45) is 2.02. The Kier molecular flexibility index (Phi) is 5.78. The van der Waals surface area contributed by atoms with Gasteiger partial charge in [0.25, 0.3) is 0 Å². The summed E-state index contributed by atoms with van der Waals surface area (Å²) in [5, 5.41) is 22.1. The molecule has 0 aromatic heterocycles. The summed E-state index contributed by atoms with van der Waals surface area (Å²) in [5.74, 6) is 0.311. The van der Waals surface area contributed by atoms with Crippen LogP contribution in [0.5, 0.6) is 5.75 Å². The van der Waals surface area contributed by atoms with E-state index >= 15 is 0 Å². The van der Waals surface area contributed by atoms with Crippen molar-refractivity contribution >= 4 is 0 Å². The summed E-state index contributed by atoms with van der Waals surface area (Å²) in [6.45, 7) is 3.02. The fourth-order valence-corrected chi connectivity index (χ4v) is 2.32. The van der Waals surface area contributed by atoms with E-state index in [4.69, 9.17) is 0 Å². The number of aliphatic hydroxyl groups excluding tert-OH is 1. The van der Waals surface area contributed by atoms with Crippen molar-refractivity contribution < 1.29 is 10.2 Å². The highest BCUT2D eigenvalue weighted by Gasteiger charge is 2.05. The average Bonchev–Trinajstić information content (AvgIpc) is 2.52. The minimum Gasteiger partial charge on any atom is -0.508 e. The smallest absolute Gasteiger partial charge is 0.115 e. The Hall–Kier alpha value is -1.84. The van der Waals surface area contributed by atoms with Gasteiger partial charge in [0.05, 0.1) is 6.61 Å². The predicted octanol–water partition coefficient (Wildman–Crippen LogP) is 3.00. The van der Waals surface area contributed by atoms with Crippen LogP contribution in [0.15, 0.2) is 48.5 Å². The van der Waals surface area contributed by atoms with Crippen molar-refractivity contribution in [2.75, 3.05) is 0 Å². The van der Waals surface area contributed by atoms with Crippen LogP contribution >= 0.6 is 0 Å². The van der Waals surface area contributed by atoms with E-state index in [1.165, 1.54) is 5.56 Å². The van der Waals surface area contributed by atoms with Gasteiger partial charge >= 0.3 is 0 Å².